The van der Waals surface area contributed by atoms with E-state index in [-0.39, 0.29) is 12.2 Å². The van der Waals surface area contributed by atoms with Gasteiger partial charge in [0.15, 0.2) is 0 Å². The minimum absolute atomic E-state index is 0.122. The standard InChI is InChI=1S/C10H11ClN2O/c1-6-4-7(11)5-8(10(6)14)9(13)2-3-12/h4-5,9,14H,2,13H2,1H3/t9-/m0/s1. The molecule has 14 heavy (non-hydrogen) atoms. The molecule has 1 aromatic rings. The molecule has 0 saturated carbocycles. The van der Waals surface area contributed by atoms with Crippen LogP contribution in [0.3, 0.4) is 0 Å². The molecule has 1 rings (SSSR count). The molecule has 1 aromatic carbocycles. The maximum absolute atomic E-state index is 9.67. The largest absolute Gasteiger partial charge is 0.507 e. The Bertz CT molecular complexity index is 384. The van der Waals surface area contributed by atoms with Crippen LogP contribution in [0.1, 0.15) is 23.6 Å². The highest BCUT2D eigenvalue weighted by Crippen LogP contribution is 2.31. The Labute approximate surface area is 87.7 Å². The Kier molecular flexibility index (Phi) is 3.34. The van der Waals surface area contributed by atoms with Crippen LogP contribution in [-0.4, -0.2) is 5.11 Å². The minimum Gasteiger partial charge on any atom is -0.507 e. The number of aromatic hydroxyl groups is 1. The number of nitriles is 1. The molecule has 0 amide bonds. The van der Waals surface area contributed by atoms with E-state index in [0.717, 1.165) is 0 Å². The lowest BCUT2D eigenvalue weighted by Gasteiger charge is -2.12. The van der Waals surface area contributed by atoms with Crippen molar-refractivity contribution in [1.82, 2.24) is 0 Å². The predicted octanol–water partition coefficient (Wildman–Crippen LogP) is 2.27. The summed E-state index contributed by atoms with van der Waals surface area (Å²) < 4.78 is 0. The average Bonchev–Trinajstić information content (AvgIpc) is 2.11. The van der Waals surface area contributed by atoms with E-state index >= 15 is 0 Å². The van der Waals surface area contributed by atoms with Crippen LogP contribution in [-0.2, 0) is 0 Å². The van der Waals surface area contributed by atoms with E-state index in [1.54, 1.807) is 19.1 Å². The highest BCUT2D eigenvalue weighted by atomic mass is 35.5. The number of hydrogen-bond acceptors (Lipinski definition) is 3. The molecular formula is C10H11ClN2O. The first-order valence-corrected chi connectivity index (χ1v) is 4.55. The smallest absolute Gasteiger partial charge is 0.123 e. The molecule has 1 atom stereocenters. The van der Waals surface area contributed by atoms with Gasteiger partial charge in [0.2, 0.25) is 0 Å². The van der Waals surface area contributed by atoms with Gasteiger partial charge in [-0.05, 0) is 24.6 Å². The van der Waals surface area contributed by atoms with Crippen molar-refractivity contribution in [1.29, 1.82) is 5.26 Å². The number of halogens is 1. The molecule has 0 aliphatic rings. The van der Waals surface area contributed by atoms with Crippen LogP contribution in [0, 0.1) is 18.3 Å². The maximum Gasteiger partial charge on any atom is 0.123 e. The third-order valence-electron chi connectivity index (χ3n) is 2.01. The number of rotatable bonds is 2. The number of nitrogens with two attached hydrogens (primary N) is 1. The van der Waals surface area contributed by atoms with Crippen molar-refractivity contribution >= 4 is 11.6 Å². The number of benzene rings is 1. The Balaban J connectivity index is 3.14. The van der Waals surface area contributed by atoms with Gasteiger partial charge in [-0.15, -0.1) is 0 Å². The average molecular weight is 211 g/mol. The fraction of sp³-hybridized carbons (Fsp3) is 0.300. The lowest BCUT2D eigenvalue weighted by molar-refractivity contribution is 0.458. The Morgan fingerprint density at radius 2 is 2.29 bits per heavy atom. The fourth-order valence-corrected chi connectivity index (χ4v) is 1.53. The fourth-order valence-electron chi connectivity index (χ4n) is 1.25. The van der Waals surface area contributed by atoms with Crippen molar-refractivity contribution < 1.29 is 5.11 Å². The van der Waals surface area contributed by atoms with Gasteiger partial charge in [-0.3, -0.25) is 0 Å². The second-order valence-corrected chi connectivity index (χ2v) is 3.57. The van der Waals surface area contributed by atoms with Gasteiger partial charge < -0.3 is 10.8 Å². The third kappa shape index (κ3) is 2.16. The highest BCUT2D eigenvalue weighted by molar-refractivity contribution is 6.30. The molecular weight excluding hydrogens is 200 g/mol. The molecule has 0 spiro atoms. The van der Waals surface area contributed by atoms with Crippen LogP contribution >= 0.6 is 11.6 Å². The summed E-state index contributed by atoms with van der Waals surface area (Å²) in [6, 6.07) is 4.71. The topological polar surface area (TPSA) is 70.0 Å². The van der Waals surface area contributed by atoms with Gasteiger partial charge in [0.05, 0.1) is 12.5 Å². The molecule has 3 N–H and O–H groups in total. The second-order valence-electron chi connectivity index (χ2n) is 3.13. The van der Waals surface area contributed by atoms with E-state index in [9.17, 15) is 5.11 Å². The van der Waals surface area contributed by atoms with E-state index in [4.69, 9.17) is 22.6 Å². The predicted molar refractivity (Wildman–Crippen MR) is 55.0 cm³/mol. The first kappa shape index (κ1) is 10.8. The second kappa shape index (κ2) is 4.32. The summed E-state index contributed by atoms with van der Waals surface area (Å²) in [6.45, 7) is 1.74. The summed E-state index contributed by atoms with van der Waals surface area (Å²) in [6.07, 6.45) is 0.160. The molecule has 3 nitrogen and oxygen atoms in total. The van der Waals surface area contributed by atoms with Crippen LogP contribution in [0.5, 0.6) is 5.75 Å². The normalized spacial score (nSPS) is 12.1. The summed E-state index contributed by atoms with van der Waals surface area (Å²) in [7, 11) is 0. The van der Waals surface area contributed by atoms with Gasteiger partial charge >= 0.3 is 0 Å². The molecule has 0 fully saturated rings. The maximum atomic E-state index is 9.67. The van der Waals surface area contributed by atoms with Crippen molar-refractivity contribution in [2.45, 2.75) is 19.4 Å². The molecule has 74 valence electrons. The Morgan fingerprint density at radius 3 is 2.86 bits per heavy atom. The first-order valence-electron chi connectivity index (χ1n) is 4.17. The van der Waals surface area contributed by atoms with Gasteiger partial charge in [-0.25, -0.2) is 0 Å². The molecule has 0 aliphatic carbocycles. The van der Waals surface area contributed by atoms with Crippen LogP contribution < -0.4 is 5.73 Å². The summed E-state index contributed by atoms with van der Waals surface area (Å²) in [5.74, 6) is 0.122. The minimum atomic E-state index is -0.489. The van der Waals surface area contributed by atoms with Crippen molar-refractivity contribution in [2.75, 3.05) is 0 Å². The molecule has 0 heterocycles. The summed E-state index contributed by atoms with van der Waals surface area (Å²) >= 11 is 5.82. The molecule has 0 unspecified atom stereocenters. The Hall–Kier alpha value is -1.24. The van der Waals surface area contributed by atoms with Crippen LogP contribution in [0.15, 0.2) is 12.1 Å². The summed E-state index contributed by atoms with van der Waals surface area (Å²) in [5, 5.41) is 18.7. The van der Waals surface area contributed by atoms with Gasteiger partial charge in [-0.2, -0.15) is 5.26 Å². The Morgan fingerprint density at radius 1 is 1.64 bits per heavy atom. The van der Waals surface area contributed by atoms with E-state index in [1.807, 2.05) is 6.07 Å². The zero-order valence-electron chi connectivity index (χ0n) is 7.79. The van der Waals surface area contributed by atoms with E-state index in [2.05, 4.69) is 0 Å². The van der Waals surface area contributed by atoms with Crippen LogP contribution in [0.25, 0.3) is 0 Å². The van der Waals surface area contributed by atoms with Crippen molar-refractivity contribution in [3.8, 4) is 11.8 Å². The zero-order chi connectivity index (χ0) is 10.7. The molecule has 0 aliphatic heterocycles. The molecule has 0 saturated heterocycles. The van der Waals surface area contributed by atoms with Gasteiger partial charge in [0, 0.05) is 16.6 Å². The molecule has 4 heteroatoms. The molecule has 0 radical (unpaired) electrons. The first-order chi connectivity index (χ1) is 6.56. The highest BCUT2D eigenvalue weighted by Gasteiger charge is 2.13. The van der Waals surface area contributed by atoms with Crippen LogP contribution in [0.2, 0.25) is 5.02 Å². The van der Waals surface area contributed by atoms with Gasteiger partial charge in [0.1, 0.15) is 5.75 Å². The monoisotopic (exact) mass is 210 g/mol. The lowest BCUT2D eigenvalue weighted by atomic mass is 10.0. The number of phenolic OH excluding ortho intramolecular Hbond substituents is 1. The molecule has 0 bridgehead atoms. The van der Waals surface area contributed by atoms with E-state index in [0.29, 0.717) is 16.1 Å². The SMILES string of the molecule is Cc1cc(Cl)cc([C@@H](N)CC#N)c1O. The van der Waals surface area contributed by atoms with Gasteiger partial charge in [-0.1, -0.05) is 11.6 Å². The number of phenols is 1. The van der Waals surface area contributed by atoms with E-state index < -0.39 is 6.04 Å². The summed E-state index contributed by atoms with van der Waals surface area (Å²) in [4.78, 5) is 0. The van der Waals surface area contributed by atoms with E-state index in [1.165, 1.54) is 0 Å². The lowest BCUT2D eigenvalue weighted by Crippen LogP contribution is -2.09. The number of aryl methyl sites for hydroxylation is 1. The molecule has 0 aromatic heterocycles. The third-order valence-corrected chi connectivity index (χ3v) is 2.22. The number of nitrogens with zero attached hydrogens (tertiary/aromatic N) is 1. The summed E-state index contributed by atoms with van der Waals surface area (Å²) in [5.41, 5.74) is 6.90. The quantitative estimate of drug-likeness (QED) is 0.787. The van der Waals surface area contributed by atoms with Crippen molar-refractivity contribution in [3.63, 3.8) is 0 Å². The number of hydrogen-bond donors (Lipinski definition) is 2. The van der Waals surface area contributed by atoms with Crippen molar-refractivity contribution in [3.05, 3.63) is 28.3 Å². The zero-order valence-corrected chi connectivity index (χ0v) is 8.54. The van der Waals surface area contributed by atoms with Gasteiger partial charge in [0.25, 0.3) is 0 Å². The van der Waals surface area contributed by atoms with Crippen LogP contribution in [0.4, 0.5) is 0 Å². The van der Waals surface area contributed by atoms with Crippen molar-refractivity contribution in [2.24, 2.45) is 5.73 Å².